The molecule has 1 aromatic heterocycles. The maximum atomic E-state index is 12.7. The van der Waals surface area contributed by atoms with E-state index in [2.05, 4.69) is 29.5 Å². The molecule has 0 bridgehead atoms. The van der Waals surface area contributed by atoms with Crippen molar-refractivity contribution in [1.82, 2.24) is 15.1 Å². The first-order chi connectivity index (χ1) is 12.2. The minimum Gasteiger partial charge on any atom is -0.347 e. The number of aromatic nitrogens is 2. The summed E-state index contributed by atoms with van der Waals surface area (Å²) in [5, 5.41) is 7.65. The summed E-state index contributed by atoms with van der Waals surface area (Å²) in [6.45, 7) is 2.58. The van der Waals surface area contributed by atoms with Crippen LogP contribution in [0.15, 0.2) is 54.6 Å². The SMILES string of the molecule is Cc1ccc(CNC(=O)c2nn(-c3ccccc3)c3c2CCC3)cc1. The Bertz CT molecular complexity index is 895. The van der Waals surface area contributed by atoms with E-state index in [0.717, 1.165) is 36.1 Å². The molecule has 4 nitrogen and oxygen atoms in total. The lowest BCUT2D eigenvalue weighted by atomic mass is 10.1. The van der Waals surface area contributed by atoms with E-state index in [1.54, 1.807) is 0 Å². The number of fused-ring (bicyclic) bond motifs is 1. The summed E-state index contributed by atoms with van der Waals surface area (Å²) in [6.07, 6.45) is 2.98. The molecule has 2 aromatic carbocycles. The summed E-state index contributed by atoms with van der Waals surface area (Å²) in [5.74, 6) is -0.0894. The molecule has 0 atom stereocenters. The molecule has 25 heavy (non-hydrogen) atoms. The highest BCUT2D eigenvalue weighted by Gasteiger charge is 2.26. The van der Waals surface area contributed by atoms with E-state index in [1.807, 2.05) is 47.1 Å². The summed E-state index contributed by atoms with van der Waals surface area (Å²) >= 11 is 0. The molecule has 1 amide bonds. The van der Waals surface area contributed by atoms with Gasteiger partial charge >= 0.3 is 0 Å². The number of hydrogen-bond donors (Lipinski definition) is 1. The van der Waals surface area contributed by atoms with Crippen molar-refractivity contribution < 1.29 is 4.79 Å². The van der Waals surface area contributed by atoms with E-state index in [9.17, 15) is 4.79 Å². The zero-order chi connectivity index (χ0) is 17.2. The van der Waals surface area contributed by atoms with Crippen LogP contribution in [0.3, 0.4) is 0 Å². The Morgan fingerprint density at radius 3 is 2.60 bits per heavy atom. The normalized spacial score (nSPS) is 12.8. The average Bonchev–Trinajstić information content (AvgIpc) is 3.24. The second kappa shape index (κ2) is 6.55. The van der Waals surface area contributed by atoms with Crippen molar-refractivity contribution in [2.24, 2.45) is 0 Å². The molecule has 0 saturated carbocycles. The zero-order valence-corrected chi connectivity index (χ0v) is 14.3. The van der Waals surface area contributed by atoms with E-state index in [-0.39, 0.29) is 5.91 Å². The minimum absolute atomic E-state index is 0.0894. The topological polar surface area (TPSA) is 46.9 Å². The van der Waals surface area contributed by atoms with Gasteiger partial charge in [0.2, 0.25) is 0 Å². The Morgan fingerprint density at radius 2 is 1.84 bits per heavy atom. The second-order valence-corrected chi connectivity index (χ2v) is 6.54. The molecule has 0 unspecified atom stereocenters. The van der Waals surface area contributed by atoms with E-state index in [0.29, 0.717) is 12.2 Å². The fourth-order valence-electron chi connectivity index (χ4n) is 3.37. The highest BCUT2D eigenvalue weighted by atomic mass is 16.1. The number of hydrogen-bond acceptors (Lipinski definition) is 2. The third kappa shape index (κ3) is 3.07. The summed E-state index contributed by atoms with van der Waals surface area (Å²) in [7, 11) is 0. The Morgan fingerprint density at radius 1 is 1.08 bits per heavy atom. The number of benzene rings is 2. The van der Waals surface area contributed by atoms with Crippen molar-refractivity contribution in [2.45, 2.75) is 32.7 Å². The highest BCUT2D eigenvalue weighted by Crippen LogP contribution is 2.27. The first-order valence-electron chi connectivity index (χ1n) is 8.72. The minimum atomic E-state index is -0.0894. The third-order valence-corrected chi connectivity index (χ3v) is 4.72. The number of aryl methyl sites for hydroxylation is 1. The molecule has 1 heterocycles. The monoisotopic (exact) mass is 331 g/mol. The van der Waals surface area contributed by atoms with E-state index < -0.39 is 0 Å². The molecule has 4 heteroatoms. The Hall–Kier alpha value is -2.88. The van der Waals surface area contributed by atoms with Crippen molar-refractivity contribution in [3.8, 4) is 5.69 Å². The number of carbonyl (C=O) groups excluding carboxylic acids is 1. The maximum Gasteiger partial charge on any atom is 0.272 e. The molecule has 3 aromatic rings. The standard InChI is InChI=1S/C21H21N3O/c1-15-10-12-16(13-11-15)14-22-21(25)20-18-8-5-9-19(18)24(23-20)17-6-3-2-4-7-17/h2-4,6-7,10-13H,5,8-9,14H2,1H3,(H,22,25). The van der Waals surface area contributed by atoms with E-state index in [1.165, 1.54) is 11.3 Å². The van der Waals surface area contributed by atoms with Crippen LogP contribution in [-0.2, 0) is 19.4 Å². The molecule has 0 fully saturated rings. The molecule has 4 rings (SSSR count). The number of carbonyl (C=O) groups is 1. The van der Waals surface area contributed by atoms with Gasteiger partial charge in [0.1, 0.15) is 0 Å². The molecule has 0 radical (unpaired) electrons. The number of amides is 1. The number of nitrogens with zero attached hydrogens (tertiary/aromatic N) is 2. The van der Waals surface area contributed by atoms with Crippen molar-refractivity contribution in [3.05, 3.63) is 82.7 Å². The average molecular weight is 331 g/mol. The lowest BCUT2D eigenvalue weighted by Gasteiger charge is -2.06. The lowest BCUT2D eigenvalue weighted by Crippen LogP contribution is -2.24. The molecule has 126 valence electrons. The Kier molecular flexibility index (Phi) is 4.10. The second-order valence-electron chi connectivity index (χ2n) is 6.54. The predicted molar refractivity (Wildman–Crippen MR) is 97.9 cm³/mol. The maximum absolute atomic E-state index is 12.7. The fraction of sp³-hybridized carbons (Fsp3) is 0.238. The molecule has 0 saturated heterocycles. The first kappa shape index (κ1) is 15.6. The lowest BCUT2D eigenvalue weighted by molar-refractivity contribution is 0.0944. The third-order valence-electron chi connectivity index (χ3n) is 4.72. The molecular weight excluding hydrogens is 310 g/mol. The van der Waals surface area contributed by atoms with Gasteiger partial charge in [0.05, 0.1) is 5.69 Å². The summed E-state index contributed by atoms with van der Waals surface area (Å²) in [5.41, 5.74) is 6.17. The quantitative estimate of drug-likeness (QED) is 0.794. The predicted octanol–water partition coefficient (Wildman–Crippen LogP) is 3.60. The van der Waals surface area contributed by atoms with Crippen molar-refractivity contribution in [2.75, 3.05) is 0 Å². The van der Waals surface area contributed by atoms with Gasteiger partial charge in [-0.25, -0.2) is 4.68 Å². The number of para-hydroxylation sites is 1. The van der Waals surface area contributed by atoms with Gasteiger partial charge in [-0.1, -0.05) is 48.0 Å². The molecule has 1 aliphatic rings. The van der Waals surface area contributed by atoms with Crippen LogP contribution in [-0.4, -0.2) is 15.7 Å². The van der Waals surface area contributed by atoms with Crippen LogP contribution in [0, 0.1) is 6.92 Å². The van der Waals surface area contributed by atoms with Gasteiger partial charge in [-0.15, -0.1) is 0 Å². The van der Waals surface area contributed by atoms with Crippen LogP contribution < -0.4 is 5.32 Å². The van der Waals surface area contributed by atoms with Crippen LogP contribution in [0.1, 0.15) is 39.3 Å². The van der Waals surface area contributed by atoms with Crippen LogP contribution in [0.2, 0.25) is 0 Å². The smallest absolute Gasteiger partial charge is 0.272 e. The van der Waals surface area contributed by atoms with Gasteiger partial charge in [-0.2, -0.15) is 5.10 Å². The van der Waals surface area contributed by atoms with Gasteiger partial charge in [0.15, 0.2) is 5.69 Å². The highest BCUT2D eigenvalue weighted by molar-refractivity contribution is 5.94. The van der Waals surface area contributed by atoms with Gasteiger partial charge < -0.3 is 5.32 Å². The number of rotatable bonds is 4. The molecule has 0 aliphatic heterocycles. The van der Waals surface area contributed by atoms with Crippen molar-refractivity contribution in [3.63, 3.8) is 0 Å². The summed E-state index contributed by atoms with van der Waals surface area (Å²) < 4.78 is 1.93. The largest absolute Gasteiger partial charge is 0.347 e. The molecule has 0 spiro atoms. The van der Waals surface area contributed by atoms with E-state index in [4.69, 9.17) is 0 Å². The number of nitrogens with one attached hydrogen (secondary N) is 1. The summed E-state index contributed by atoms with van der Waals surface area (Å²) in [4.78, 5) is 12.7. The van der Waals surface area contributed by atoms with Gasteiger partial charge in [0.25, 0.3) is 5.91 Å². The van der Waals surface area contributed by atoms with Crippen LogP contribution >= 0.6 is 0 Å². The van der Waals surface area contributed by atoms with Gasteiger partial charge in [-0.3, -0.25) is 4.79 Å². The van der Waals surface area contributed by atoms with Crippen LogP contribution in [0.25, 0.3) is 5.69 Å². The van der Waals surface area contributed by atoms with Crippen LogP contribution in [0.4, 0.5) is 0 Å². The van der Waals surface area contributed by atoms with Gasteiger partial charge in [-0.05, 0) is 43.9 Å². The molecule has 1 aliphatic carbocycles. The van der Waals surface area contributed by atoms with Gasteiger partial charge in [0, 0.05) is 17.8 Å². The zero-order valence-electron chi connectivity index (χ0n) is 14.3. The van der Waals surface area contributed by atoms with Crippen LogP contribution in [0.5, 0.6) is 0 Å². The molecule has 1 N–H and O–H groups in total. The Balaban J connectivity index is 1.58. The van der Waals surface area contributed by atoms with Crippen molar-refractivity contribution >= 4 is 5.91 Å². The Labute approximate surface area is 147 Å². The summed E-state index contributed by atoms with van der Waals surface area (Å²) in [6, 6.07) is 18.2. The first-order valence-corrected chi connectivity index (χ1v) is 8.72. The van der Waals surface area contributed by atoms with E-state index >= 15 is 0 Å². The van der Waals surface area contributed by atoms with Crippen molar-refractivity contribution in [1.29, 1.82) is 0 Å². The molecular formula is C21H21N3O. The fourth-order valence-corrected chi connectivity index (χ4v) is 3.37.